The largest absolute Gasteiger partial charge is 0.381 e. The molecule has 0 aliphatic carbocycles. The summed E-state index contributed by atoms with van der Waals surface area (Å²) in [5.41, 5.74) is 0.868. The van der Waals surface area contributed by atoms with Gasteiger partial charge in [0.2, 0.25) is 0 Å². The van der Waals surface area contributed by atoms with Gasteiger partial charge in [0.15, 0.2) is 0 Å². The topological polar surface area (TPSA) is 55.2 Å². The lowest BCUT2D eigenvalue weighted by Gasteiger charge is -2.01. The van der Waals surface area contributed by atoms with E-state index in [0.717, 1.165) is 5.69 Å². The zero-order valence-corrected chi connectivity index (χ0v) is 7.93. The summed E-state index contributed by atoms with van der Waals surface area (Å²) < 4.78 is 0. The molecule has 0 heterocycles. The van der Waals surface area contributed by atoms with Crippen molar-refractivity contribution in [2.24, 2.45) is 0 Å². The fraction of sp³-hybridized carbons (Fsp3) is 0.200. The molecule has 0 spiro atoms. The SMILES string of the molecule is C/C=C/CNc1cccc([N+](=O)[O-])c1. The highest BCUT2D eigenvalue weighted by molar-refractivity contribution is 5.51. The van der Waals surface area contributed by atoms with Gasteiger partial charge in [-0.05, 0) is 13.0 Å². The molecule has 0 saturated heterocycles. The number of hydrogen-bond donors (Lipinski definition) is 1. The van der Waals surface area contributed by atoms with Crippen LogP contribution >= 0.6 is 0 Å². The molecule has 1 aromatic carbocycles. The van der Waals surface area contributed by atoms with Crippen LogP contribution < -0.4 is 5.32 Å². The van der Waals surface area contributed by atoms with E-state index in [-0.39, 0.29) is 5.69 Å². The molecule has 0 saturated carbocycles. The van der Waals surface area contributed by atoms with Crippen LogP contribution in [0.5, 0.6) is 0 Å². The first kappa shape index (κ1) is 10.2. The lowest BCUT2D eigenvalue weighted by Crippen LogP contribution is -1.98. The van der Waals surface area contributed by atoms with Gasteiger partial charge in [-0.3, -0.25) is 10.1 Å². The maximum absolute atomic E-state index is 10.4. The van der Waals surface area contributed by atoms with E-state index in [2.05, 4.69) is 5.32 Å². The Hall–Kier alpha value is -1.84. The van der Waals surface area contributed by atoms with E-state index >= 15 is 0 Å². The van der Waals surface area contributed by atoms with Gasteiger partial charge in [0, 0.05) is 24.4 Å². The van der Waals surface area contributed by atoms with Gasteiger partial charge in [-0.2, -0.15) is 0 Å². The number of rotatable bonds is 4. The quantitative estimate of drug-likeness (QED) is 0.453. The van der Waals surface area contributed by atoms with Crippen LogP contribution in [0.4, 0.5) is 11.4 Å². The lowest BCUT2D eigenvalue weighted by atomic mass is 10.3. The highest BCUT2D eigenvalue weighted by Gasteiger charge is 2.03. The van der Waals surface area contributed by atoms with Gasteiger partial charge in [0.1, 0.15) is 0 Å². The normalized spacial score (nSPS) is 10.4. The predicted molar refractivity (Wildman–Crippen MR) is 56.4 cm³/mol. The Morgan fingerprint density at radius 1 is 1.57 bits per heavy atom. The standard InChI is InChI=1S/C10H12N2O2/c1-2-3-7-11-9-5-4-6-10(8-9)12(13)14/h2-6,8,11H,7H2,1H3/b3-2+. The summed E-state index contributed by atoms with van der Waals surface area (Å²) in [6.07, 6.45) is 3.86. The predicted octanol–water partition coefficient (Wildman–Crippen LogP) is 2.58. The number of nitro benzene ring substituents is 1. The Bertz CT molecular complexity index is 348. The van der Waals surface area contributed by atoms with Gasteiger partial charge >= 0.3 is 0 Å². The van der Waals surface area contributed by atoms with Crippen molar-refractivity contribution < 1.29 is 4.92 Å². The molecule has 1 rings (SSSR count). The minimum absolute atomic E-state index is 0.107. The maximum Gasteiger partial charge on any atom is 0.271 e. The van der Waals surface area contributed by atoms with E-state index in [1.165, 1.54) is 12.1 Å². The summed E-state index contributed by atoms with van der Waals surface area (Å²) in [7, 11) is 0. The Kier molecular flexibility index (Phi) is 3.67. The monoisotopic (exact) mass is 192 g/mol. The molecule has 74 valence electrons. The fourth-order valence-electron chi connectivity index (χ4n) is 1.02. The molecule has 0 aliphatic rings. The lowest BCUT2D eigenvalue weighted by molar-refractivity contribution is -0.384. The Labute approximate surface area is 82.4 Å². The van der Waals surface area contributed by atoms with Gasteiger partial charge in [0.05, 0.1) is 4.92 Å². The number of anilines is 1. The Morgan fingerprint density at radius 3 is 3.00 bits per heavy atom. The first-order chi connectivity index (χ1) is 6.74. The summed E-state index contributed by atoms with van der Waals surface area (Å²) in [4.78, 5) is 10.0. The Balaban J connectivity index is 2.68. The number of nitro groups is 1. The van der Waals surface area contributed by atoms with Crippen LogP contribution in [-0.2, 0) is 0 Å². The summed E-state index contributed by atoms with van der Waals surface area (Å²) in [5.74, 6) is 0. The highest BCUT2D eigenvalue weighted by Crippen LogP contribution is 2.16. The van der Waals surface area contributed by atoms with Gasteiger partial charge in [-0.25, -0.2) is 0 Å². The van der Waals surface area contributed by atoms with Crippen LogP contribution in [0.3, 0.4) is 0 Å². The number of allylic oxidation sites excluding steroid dienone is 1. The summed E-state index contributed by atoms with van der Waals surface area (Å²) in [6.45, 7) is 2.60. The first-order valence-corrected chi connectivity index (χ1v) is 4.33. The van der Waals surface area contributed by atoms with Crippen molar-refractivity contribution >= 4 is 11.4 Å². The second-order valence-electron chi connectivity index (χ2n) is 2.76. The van der Waals surface area contributed by atoms with Gasteiger partial charge in [0.25, 0.3) is 5.69 Å². The van der Waals surface area contributed by atoms with Crippen molar-refractivity contribution in [3.8, 4) is 0 Å². The van der Waals surface area contributed by atoms with E-state index in [9.17, 15) is 10.1 Å². The number of non-ortho nitro benzene ring substituents is 1. The third kappa shape index (κ3) is 2.90. The third-order valence-corrected chi connectivity index (χ3v) is 1.72. The zero-order valence-electron chi connectivity index (χ0n) is 7.93. The molecule has 4 heteroatoms. The summed E-state index contributed by atoms with van der Waals surface area (Å²) >= 11 is 0. The molecule has 0 atom stereocenters. The Morgan fingerprint density at radius 2 is 2.36 bits per heavy atom. The molecule has 0 bridgehead atoms. The van der Waals surface area contributed by atoms with Crippen molar-refractivity contribution in [2.75, 3.05) is 11.9 Å². The molecular formula is C10H12N2O2. The van der Waals surface area contributed by atoms with E-state index in [0.29, 0.717) is 6.54 Å². The van der Waals surface area contributed by atoms with Crippen LogP contribution in [0, 0.1) is 10.1 Å². The third-order valence-electron chi connectivity index (χ3n) is 1.72. The summed E-state index contributed by atoms with van der Waals surface area (Å²) in [5, 5.41) is 13.5. The number of benzene rings is 1. The maximum atomic E-state index is 10.4. The van der Waals surface area contributed by atoms with Gasteiger partial charge in [-0.1, -0.05) is 18.2 Å². The first-order valence-electron chi connectivity index (χ1n) is 4.33. The molecule has 0 amide bonds. The molecule has 1 N–H and O–H groups in total. The second kappa shape index (κ2) is 5.01. The molecule has 0 aliphatic heterocycles. The molecule has 0 aromatic heterocycles. The van der Waals surface area contributed by atoms with Crippen LogP contribution in [0.2, 0.25) is 0 Å². The van der Waals surface area contributed by atoms with Gasteiger partial charge in [-0.15, -0.1) is 0 Å². The minimum Gasteiger partial charge on any atom is -0.381 e. The second-order valence-corrected chi connectivity index (χ2v) is 2.76. The fourth-order valence-corrected chi connectivity index (χ4v) is 1.02. The van der Waals surface area contributed by atoms with Gasteiger partial charge < -0.3 is 5.32 Å². The van der Waals surface area contributed by atoms with Crippen molar-refractivity contribution in [1.82, 2.24) is 0 Å². The van der Waals surface area contributed by atoms with Crippen molar-refractivity contribution in [3.05, 3.63) is 46.5 Å². The van der Waals surface area contributed by atoms with E-state index in [1.807, 2.05) is 19.1 Å². The highest BCUT2D eigenvalue weighted by atomic mass is 16.6. The smallest absolute Gasteiger partial charge is 0.271 e. The molecule has 4 nitrogen and oxygen atoms in total. The average Bonchev–Trinajstić information content (AvgIpc) is 2.19. The molecule has 0 fully saturated rings. The summed E-state index contributed by atoms with van der Waals surface area (Å²) in [6, 6.07) is 6.46. The zero-order chi connectivity index (χ0) is 10.4. The van der Waals surface area contributed by atoms with Crippen molar-refractivity contribution in [3.63, 3.8) is 0 Å². The molecular weight excluding hydrogens is 180 g/mol. The molecule has 0 radical (unpaired) electrons. The average molecular weight is 192 g/mol. The van der Waals surface area contributed by atoms with Crippen LogP contribution in [-0.4, -0.2) is 11.5 Å². The van der Waals surface area contributed by atoms with Crippen LogP contribution in [0.1, 0.15) is 6.92 Å². The van der Waals surface area contributed by atoms with E-state index in [1.54, 1.807) is 12.1 Å². The minimum atomic E-state index is -0.402. The molecule has 14 heavy (non-hydrogen) atoms. The number of nitrogens with one attached hydrogen (secondary N) is 1. The molecule has 1 aromatic rings. The van der Waals surface area contributed by atoms with Crippen molar-refractivity contribution in [1.29, 1.82) is 0 Å². The number of hydrogen-bond acceptors (Lipinski definition) is 3. The van der Waals surface area contributed by atoms with E-state index in [4.69, 9.17) is 0 Å². The number of nitrogens with zero attached hydrogens (tertiary/aromatic N) is 1. The van der Waals surface area contributed by atoms with Crippen molar-refractivity contribution in [2.45, 2.75) is 6.92 Å². The molecule has 0 unspecified atom stereocenters. The van der Waals surface area contributed by atoms with E-state index < -0.39 is 4.92 Å². The van der Waals surface area contributed by atoms with Crippen LogP contribution in [0.25, 0.3) is 0 Å². The van der Waals surface area contributed by atoms with Crippen LogP contribution in [0.15, 0.2) is 36.4 Å².